The Hall–Kier alpha value is -0.850. The van der Waals surface area contributed by atoms with Crippen LogP contribution in [0.25, 0.3) is 0 Å². The maximum atomic E-state index is 11.8. The molecule has 0 atom stereocenters. The maximum absolute atomic E-state index is 11.8. The van der Waals surface area contributed by atoms with Crippen LogP contribution in [0.15, 0.2) is 18.1 Å². The predicted molar refractivity (Wildman–Crippen MR) is 71.1 cm³/mol. The monoisotopic (exact) mass is 213 g/mol. The summed E-state index contributed by atoms with van der Waals surface area (Å²) in [6.45, 7) is 10.1. The molecular formula is C13H19B2O. The zero-order valence-electron chi connectivity index (χ0n) is 10.7. The van der Waals surface area contributed by atoms with Gasteiger partial charge >= 0.3 is 99.6 Å². The van der Waals surface area contributed by atoms with Gasteiger partial charge in [-0.2, -0.15) is 0 Å². The molecule has 1 heterocycles. The van der Waals surface area contributed by atoms with Crippen LogP contribution in [0.5, 0.6) is 0 Å². The molecule has 0 aromatic carbocycles. The third-order valence-corrected chi connectivity index (χ3v) is 2.75. The van der Waals surface area contributed by atoms with Gasteiger partial charge in [0.15, 0.2) is 0 Å². The molecule has 1 aromatic heterocycles. The minimum atomic E-state index is -0.263. The molecule has 0 aliphatic carbocycles. The Morgan fingerprint density at radius 3 is 2.69 bits per heavy atom. The SMILES string of the molecule is CCc1bcccc1C[B]C(=O)C(C)(C)C. The average Bonchev–Trinajstić information content (AvgIpc) is 2.24. The first-order valence-electron chi connectivity index (χ1n) is 5.89. The van der Waals surface area contributed by atoms with E-state index in [-0.39, 0.29) is 11.1 Å². The van der Waals surface area contributed by atoms with Crippen LogP contribution >= 0.6 is 0 Å². The molecule has 1 aromatic rings. The second kappa shape index (κ2) is 5.47. The Kier molecular flexibility index (Phi) is 4.52. The van der Waals surface area contributed by atoms with Gasteiger partial charge in [0.05, 0.1) is 0 Å². The number of aryl methyl sites for hydroxylation is 1. The van der Waals surface area contributed by atoms with E-state index >= 15 is 0 Å². The van der Waals surface area contributed by atoms with Gasteiger partial charge in [-0.05, 0) is 0 Å². The van der Waals surface area contributed by atoms with Crippen LogP contribution in [0, 0.1) is 5.41 Å². The predicted octanol–water partition coefficient (Wildman–Crippen LogP) is 2.36. The molecule has 1 rings (SSSR count). The number of carbonyl (C=O) groups excluding carboxylic acids is 1. The topological polar surface area (TPSA) is 17.1 Å². The van der Waals surface area contributed by atoms with Crippen molar-refractivity contribution in [1.82, 2.24) is 0 Å². The van der Waals surface area contributed by atoms with Gasteiger partial charge in [0, 0.05) is 0 Å². The van der Waals surface area contributed by atoms with Crippen LogP contribution < -0.4 is 0 Å². The summed E-state index contributed by atoms with van der Waals surface area (Å²) < 4.78 is 0. The number of hydrogen-bond acceptors (Lipinski definition) is 1. The average molecular weight is 213 g/mol. The summed E-state index contributed by atoms with van der Waals surface area (Å²) in [5, 5.41) is 0. The van der Waals surface area contributed by atoms with Crippen molar-refractivity contribution in [2.75, 3.05) is 0 Å². The van der Waals surface area contributed by atoms with Crippen LogP contribution in [-0.4, -0.2) is 19.9 Å². The summed E-state index contributed by atoms with van der Waals surface area (Å²) in [7, 11) is 1.81. The molecule has 0 aliphatic rings. The minimum absolute atomic E-state index is 0.221. The zero-order chi connectivity index (χ0) is 12.2. The van der Waals surface area contributed by atoms with Gasteiger partial charge in [-0.25, -0.2) is 0 Å². The summed E-state index contributed by atoms with van der Waals surface area (Å²) in [6.07, 6.45) is 1.77. The van der Waals surface area contributed by atoms with E-state index in [0.29, 0.717) is 0 Å². The van der Waals surface area contributed by atoms with Crippen molar-refractivity contribution in [2.45, 2.75) is 40.4 Å². The molecular weight excluding hydrogens is 194 g/mol. The number of hydrogen-bond donors (Lipinski definition) is 0. The summed E-state index contributed by atoms with van der Waals surface area (Å²) in [6, 6.07) is 4.13. The van der Waals surface area contributed by atoms with Gasteiger partial charge in [-0.3, -0.25) is 0 Å². The normalized spacial score (nSPS) is 11.0. The Bertz CT molecular complexity index is 366. The van der Waals surface area contributed by atoms with Gasteiger partial charge in [-0.15, -0.1) is 0 Å². The third kappa shape index (κ3) is 3.62. The van der Waals surface area contributed by atoms with E-state index in [4.69, 9.17) is 0 Å². The molecule has 1 nitrogen and oxygen atoms in total. The van der Waals surface area contributed by atoms with Crippen LogP contribution in [0.1, 0.15) is 38.7 Å². The van der Waals surface area contributed by atoms with Crippen LogP contribution in [0.4, 0.5) is 0 Å². The van der Waals surface area contributed by atoms with Crippen LogP contribution in [0.3, 0.4) is 0 Å². The van der Waals surface area contributed by atoms with E-state index < -0.39 is 0 Å². The molecule has 0 aliphatic heterocycles. The van der Waals surface area contributed by atoms with E-state index in [1.807, 2.05) is 40.1 Å². The van der Waals surface area contributed by atoms with Crippen LogP contribution in [-0.2, 0) is 17.5 Å². The van der Waals surface area contributed by atoms with Crippen molar-refractivity contribution in [3.63, 3.8) is 0 Å². The summed E-state index contributed by atoms with van der Waals surface area (Å²) >= 11 is 0. The molecule has 0 bridgehead atoms. The van der Waals surface area contributed by atoms with Crippen molar-refractivity contribution < 1.29 is 4.79 Å². The number of carbonyl (C=O) groups is 1. The van der Waals surface area contributed by atoms with E-state index in [9.17, 15) is 4.79 Å². The second-order valence-corrected chi connectivity index (χ2v) is 5.14. The van der Waals surface area contributed by atoms with Gasteiger partial charge in [0.2, 0.25) is 0 Å². The molecule has 0 unspecified atom stereocenters. The Labute approximate surface area is 100 Å². The van der Waals surface area contributed by atoms with Crippen molar-refractivity contribution in [2.24, 2.45) is 5.41 Å². The quantitative estimate of drug-likeness (QED) is 0.701. The fourth-order valence-corrected chi connectivity index (χ4v) is 1.61. The van der Waals surface area contributed by atoms with E-state index in [0.717, 1.165) is 12.7 Å². The third-order valence-electron chi connectivity index (χ3n) is 2.75. The van der Waals surface area contributed by atoms with Gasteiger partial charge in [-0.1, -0.05) is 0 Å². The molecule has 3 heteroatoms. The summed E-state index contributed by atoms with van der Waals surface area (Å²) in [5.74, 6) is 2.05. The Balaban J connectivity index is 2.65. The van der Waals surface area contributed by atoms with Gasteiger partial charge in [0.1, 0.15) is 0 Å². The fourth-order valence-electron chi connectivity index (χ4n) is 1.61. The van der Waals surface area contributed by atoms with Crippen molar-refractivity contribution in [1.29, 1.82) is 0 Å². The van der Waals surface area contributed by atoms with E-state index in [1.165, 1.54) is 11.0 Å². The summed E-state index contributed by atoms with van der Waals surface area (Å²) in [4.78, 5) is 11.8. The standard InChI is InChI=1S/C13H19B2O/c1-5-11-10(7-6-8-14-11)9-15-12(16)13(2,3)4/h6-8H,5,9H2,1-4H3. The molecule has 0 spiro atoms. The first-order valence-corrected chi connectivity index (χ1v) is 5.89. The molecule has 0 N–H and O–H groups in total. The molecule has 0 fully saturated rings. The van der Waals surface area contributed by atoms with E-state index in [1.54, 1.807) is 0 Å². The zero-order valence-corrected chi connectivity index (χ0v) is 10.7. The van der Waals surface area contributed by atoms with Gasteiger partial charge < -0.3 is 0 Å². The fraction of sp³-hybridized carbons (Fsp3) is 0.538. The van der Waals surface area contributed by atoms with Crippen LogP contribution in [0.2, 0.25) is 0 Å². The first kappa shape index (κ1) is 13.2. The first-order chi connectivity index (χ1) is 7.45. The molecule has 1 radical (unpaired) electrons. The number of rotatable bonds is 4. The Morgan fingerprint density at radius 2 is 2.12 bits per heavy atom. The molecule has 0 saturated heterocycles. The van der Waals surface area contributed by atoms with Crippen molar-refractivity contribution in [3.05, 3.63) is 29.1 Å². The Morgan fingerprint density at radius 1 is 1.44 bits per heavy atom. The second-order valence-electron chi connectivity index (χ2n) is 5.14. The molecule has 0 saturated carbocycles. The van der Waals surface area contributed by atoms with Crippen molar-refractivity contribution >= 4 is 19.9 Å². The van der Waals surface area contributed by atoms with E-state index in [2.05, 4.69) is 19.9 Å². The van der Waals surface area contributed by atoms with Crippen molar-refractivity contribution in [3.8, 4) is 0 Å². The summed E-state index contributed by atoms with van der Waals surface area (Å²) in [5.41, 5.74) is 2.56. The van der Waals surface area contributed by atoms with Gasteiger partial charge in [0.25, 0.3) is 0 Å². The molecule has 16 heavy (non-hydrogen) atoms. The molecule has 0 amide bonds. The molecule has 83 valence electrons.